The lowest BCUT2D eigenvalue weighted by atomic mass is 9.93. The van der Waals surface area contributed by atoms with Crippen molar-refractivity contribution in [2.24, 2.45) is 0 Å². The maximum absolute atomic E-state index is 11.6. The van der Waals surface area contributed by atoms with Crippen LogP contribution in [-0.2, 0) is 16.1 Å². The predicted molar refractivity (Wildman–Crippen MR) is 94.6 cm³/mol. The summed E-state index contributed by atoms with van der Waals surface area (Å²) < 4.78 is 10.0. The Morgan fingerprint density at radius 2 is 2.04 bits per heavy atom. The molecule has 1 fully saturated rings. The van der Waals surface area contributed by atoms with Crippen LogP contribution in [0.25, 0.3) is 0 Å². The van der Waals surface area contributed by atoms with Gasteiger partial charge in [0.25, 0.3) is 0 Å². The third-order valence-electron chi connectivity index (χ3n) is 4.59. The van der Waals surface area contributed by atoms with E-state index in [1.54, 1.807) is 0 Å². The van der Waals surface area contributed by atoms with Crippen molar-refractivity contribution in [3.8, 4) is 0 Å². The summed E-state index contributed by atoms with van der Waals surface area (Å²) in [5.74, 6) is 0.0826. The molecule has 1 aliphatic heterocycles. The summed E-state index contributed by atoms with van der Waals surface area (Å²) in [5, 5.41) is 3.05. The molecule has 0 unspecified atom stereocenters. The van der Waals surface area contributed by atoms with Gasteiger partial charge in [0.2, 0.25) is 11.8 Å². The van der Waals surface area contributed by atoms with Crippen LogP contribution in [0.5, 0.6) is 0 Å². The van der Waals surface area contributed by atoms with Crippen molar-refractivity contribution in [2.75, 3.05) is 20.2 Å². The number of amides is 1. The molecule has 7 heteroatoms. The van der Waals surface area contributed by atoms with Crippen molar-refractivity contribution in [2.45, 2.75) is 32.4 Å². The molecule has 0 saturated carbocycles. The molecule has 1 aromatic heterocycles. The van der Waals surface area contributed by atoms with Gasteiger partial charge in [0, 0.05) is 32.0 Å². The Morgan fingerprint density at radius 3 is 2.69 bits per heavy atom. The van der Waals surface area contributed by atoms with Gasteiger partial charge in [-0.05, 0) is 12.5 Å². The number of likely N-dealkylation sites (tertiary alicyclic amines) is 1. The molecule has 0 bridgehead atoms. The molecule has 0 radical (unpaired) electrons. The zero-order valence-electron chi connectivity index (χ0n) is 15.2. The molecule has 1 amide bonds. The molecule has 7 nitrogen and oxygen atoms in total. The lowest BCUT2D eigenvalue weighted by Crippen LogP contribution is -2.38. The van der Waals surface area contributed by atoms with Gasteiger partial charge in [-0.1, -0.05) is 29.8 Å². The molecule has 3 rings (SSSR count). The second kappa shape index (κ2) is 7.70. The molecule has 0 aliphatic carbocycles. The normalized spacial score (nSPS) is 20.1. The van der Waals surface area contributed by atoms with E-state index >= 15 is 0 Å². The lowest BCUT2D eigenvalue weighted by Gasteiger charge is -2.19. The first kappa shape index (κ1) is 18.1. The molecule has 2 atom stereocenters. The van der Waals surface area contributed by atoms with Gasteiger partial charge in [-0.25, -0.2) is 9.78 Å². The van der Waals surface area contributed by atoms with Crippen LogP contribution >= 0.6 is 0 Å². The standard InChI is InChI=1S/C19H23N3O4/c1-12-4-6-14(7-5-12)15-8-22(9-16(15)20-13(2)23)10-18-21-17(11-26-18)19(24)25-3/h4-7,11,15-16H,8-10H2,1-3H3,(H,20,23)/t15-,16+/m0/s1. The zero-order chi connectivity index (χ0) is 18.7. The van der Waals surface area contributed by atoms with Crippen molar-refractivity contribution >= 4 is 11.9 Å². The number of oxazole rings is 1. The van der Waals surface area contributed by atoms with Gasteiger partial charge in [-0.15, -0.1) is 0 Å². The number of carbonyl (C=O) groups excluding carboxylic acids is 2. The molecule has 2 heterocycles. The first-order valence-corrected chi connectivity index (χ1v) is 8.55. The molecular weight excluding hydrogens is 334 g/mol. The first-order chi connectivity index (χ1) is 12.5. The molecule has 2 aromatic rings. The molecule has 1 N–H and O–H groups in total. The van der Waals surface area contributed by atoms with E-state index in [9.17, 15) is 9.59 Å². The van der Waals surface area contributed by atoms with E-state index < -0.39 is 5.97 Å². The van der Waals surface area contributed by atoms with Crippen LogP contribution in [0.3, 0.4) is 0 Å². The van der Waals surface area contributed by atoms with Crippen molar-refractivity contribution in [1.29, 1.82) is 0 Å². The number of methoxy groups -OCH3 is 1. The van der Waals surface area contributed by atoms with Gasteiger partial charge in [0.05, 0.1) is 13.7 Å². The smallest absolute Gasteiger partial charge is 0.360 e. The van der Waals surface area contributed by atoms with Crippen molar-refractivity contribution < 1.29 is 18.7 Å². The first-order valence-electron chi connectivity index (χ1n) is 8.55. The van der Waals surface area contributed by atoms with Crippen LogP contribution in [0.4, 0.5) is 0 Å². The average molecular weight is 357 g/mol. The molecule has 1 aromatic carbocycles. The third kappa shape index (κ3) is 4.11. The second-order valence-corrected chi connectivity index (χ2v) is 6.64. The van der Waals surface area contributed by atoms with E-state index in [1.165, 1.54) is 31.4 Å². The Hall–Kier alpha value is -2.67. The highest BCUT2D eigenvalue weighted by atomic mass is 16.5. The molecule has 138 valence electrons. The summed E-state index contributed by atoms with van der Waals surface area (Å²) in [4.78, 5) is 29.4. The summed E-state index contributed by atoms with van der Waals surface area (Å²) >= 11 is 0. The molecule has 26 heavy (non-hydrogen) atoms. The number of benzene rings is 1. The fourth-order valence-electron chi connectivity index (χ4n) is 3.35. The van der Waals surface area contributed by atoms with Gasteiger partial charge in [-0.2, -0.15) is 0 Å². The Bertz CT molecular complexity index is 784. The van der Waals surface area contributed by atoms with E-state index in [2.05, 4.69) is 51.1 Å². The van der Waals surface area contributed by atoms with E-state index in [1.807, 2.05) is 0 Å². The SMILES string of the molecule is COC(=O)c1coc(CN2C[C@@H](NC(C)=O)[C@H](c3ccc(C)cc3)C2)n1. The van der Waals surface area contributed by atoms with Gasteiger partial charge >= 0.3 is 5.97 Å². The van der Waals surface area contributed by atoms with E-state index in [0.29, 0.717) is 19.0 Å². The maximum Gasteiger partial charge on any atom is 0.360 e. The number of hydrogen-bond donors (Lipinski definition) is 1. The zero-order valence-corrected chi connectivity index (χ0v) is 15.2. The molecule has 0 spiro atoms. The lowest BCUT2D eigenvalue weighted by molar-refractivity contribution is -0.119. The summed E-state index contributed by atoms with van der Waals surface area (Å²) in [6.07, 6.45) is 1.31. The topological polar surface area (TPSA) is 84.7 Å². The predicted octanol–water partition coefficient (Wildman–Crippen LogP) is 1.87. The number of aromatic nitrogens is 1. The van der Waals surface area contributed by atoms with E-state index in [-0.39, 0.29) is 23.6 Å². The maximum atomic E-state index is 11.6. The number of hydrogen-bond acceptors (Lipinski definition) is 6. The fourth-order valence-corrected chi connectivity index (χ4v) is 3.35. The van der Waals surface area contributed by atoms with Crippen LogP contribution in [0, 0.1) is 6.92 Å². The van der Waals surface area contributed by atoms with Crippen LogP contribution in [0.2, 0.25) is 0 Å². The number of rotatable bonds is 5. The molecular formula is C19H23N3O4. The third-order valence-corrected chi connectivity index (χ3v) is 4.59. The highest BCUT2D eigenvalue weighted by Gasteiger charge is 2.35. The van der Waals surface area contributed by atoms with Gasteiger partial charge in [0.15, 0.2) is 5.69 Å². The van der Waals surface area contributed by atoms with Crippen LogP contribution < -0.4 is 5.32 Å². The quantitative estimate of drug-likeness (QED) is 0.823. The number of aryl methyl sites for hydroxylation is 1. The largest absolute Gasteiger partial charge is 0.464 e. The Kier molecular flexibility index (Phi) is 5.37. The summed E-state index contributed by atoms with van der Waals surface area (Å²) in [6, 6.07) is 8.40. The van der Waals surface area contributed by atoms with E-state index in [4.69, 9.17) is 4.42 Å². The van der Waals surface area contributed by atoms with Crippen molar-refractivity contribution in [3.63, 3.8) is 0 Å². The fraction of sp³-hybridized carbons (Fsp3) is 0.421. The average Bonchev–Trinajstić information content (AvgIpc) is 3.22. The van der Waals surface area contributed by atoms with Crippen LogP contribution in [0.15, 0.2) is 34.9 Å². The minimum Gasteiger partial charge on any atom is -0.464 e. The molecule has 1 aliphatic rings. The van der Waals surface area contributed by atoms with Crippen LogP contribution in [-0.4, -0.2) is 48.0 Å². The van der Waals surface area contributed by atoms with Crippen molar-refractivity contribution in [3.05, 3.63) is 53.2 Å². The number of nitrogens with zero attached hydrogens (tertiary/aromatic N) is 2. The summed E-state index contributed by atoms with van der Waals surface area (Å²) in [6.45, 7) is 5.51. The highest BCUT2D eigenvalue weighted by molar-refractivity contribution is 5.86. The minimum absolute atomic E-state index is 0.0187. The Morgan fingerprint density at radius 1 is 1.31 bits per heavy atom. The van der Waals surface area contributed by atoms with Gasteiger partial charge in [-0.3, -0.25) is 9.69 Å². The number of ether oxygens (including phenoxy) is 1. The number of carbonyl (C=O) groups is 2. The number of nitrogens with one attached hydrogen (secondary N) is 1. The monoisotopic (exact) mass is 357 g/mol. The minimum atomic E-state index is -0.518. The van der Waals surface area contributed by atoms with Gasteiger partial charge < -0.3 is 14.5 Å². The Balaban J connectivity index is 1.73. The van der Waals surface area contributed by atoms with Gasteiger partial charge in [0.1, 0.15) is 6.26 Å². The van der Waals surface area contributed by atoms with Crippen LogP contribution in [0.1, 0.15) is 40.3 Å². The summed E-state index contributed by atoms with van der Waals surface area (Å²) in [7, 11) is 1.31. The Labute approximate surface area is 152 Å². The van der Waals surface area contributed by atoms with Crippen molar-refractivity contribution in [1.82, 2.24) is 15.2 Å². The summed E-state index contributed by atoms with van der Waals surface area (Å²) in [5.41, 5.74) is 2.56. The molecule has 1 saturated heterocycles. The number of esters is 1. The second-order valence-electron chi connectivity index (χ2n) is 6.64. The highest BCUT2D eigenvalue weighted by Crippen LogP contribution is 2.29. The van der Waals surface area contributed by atoms with E-state index in [0.717, 1.165) is 6.54 Å².